The summed E-state index contributed by atoms with van der Waals surface area (Å²) in [6.07, 6.45) is 0. The number of rotatable bonds is 0. The maximum atomic E-state index is 6.25. The Kier molecular flexibility index (Phi) is 596. The summed E-state index contributed by atoms with van der Waals surface area (Å²) in [5.41, 5.74) is 0. The Balaban J connectivity index is -0.00000000762. The second-order valence-corrected chi connectivity index (χ2v) is 0. The quantitative estimate of drug-likeness (QED) is 0.603. The maximum Gasteiger partial charge on any atom is 0 e. The van der Waals surface area contributed by atoms with Gasteiger partial charge in [-0.1, -0.05) is 0 Å². The Bertz CT molecular complexity index is 55.5. The molecule has 0 aromatic rings. The summed E-state index contributed by atoms with van der Waals surface area (Å²) < 4.78 is 0. The first-order valence-corrected chi connectivity index (χ1v) is 0.894. The molecule has 0 rings (SSSR count). The Morgan fingerprint density at radius 1 is 0.444 bits per heavy atom. The van der Waals surface area contributed by atoms with E-state index in [-0.39, 0.29) is 20.4 Å². The molecule has 9 heavy (non-hydrogen) atoms. The predicted octanol–water partition coefficient (Wildman–Crippen LogP) is 0.383. The largest absolute Gasteiger partial charge is 0.512 e. The smallest absolute Gasteiger partial charge is 0 e. The molecule has 1 radical (unpaired) electrons. The van der Waals surface area contributed by atoms with Gasteiger partial charge in [-0.2, -0.15) is 0 Å². The van der Waals surface area contributed by atoms with E-state index in [1.807, 2.05) is 0 Å². The van der Waals surface area contributed by atoms with Crippen molar-refractivity contribution < 1.29 is 20.4 Å². The Hall–Kier alpha value is -1.38. The van der Waals surface area contributed by atoms with E-state index in [1.54, 1.807) is 0 Å². The summed E-state index contributed by atoms with van der Waals surface area (Å²) in [7, 11) is 0. The van der Waals surface area contributed by atoms with E-state index < -0.39 is 0 Å². The first kappa shape index (κ1) is 48.6. The van der Waals surface area contributed by atoms with Crippen LogP contribution in [0.15, 0.2) is 0 Å². The van der Waals surface area contributed by atoms with E-state index in [9.17, 15) is 0 Å². The normalized spacial score (nSPS) is 0.889. The zero-order valence-electron chi connectivity index (χ0n) is 4.17. The van der Waals surface area contributed by atoms with Crippen molar-refractivity contribution in [1.82, 2.24) is 0 Å². The fourth-order valence-corrected chi connectivity index (χ4v) is 0. The minimum atomic E-state index is 0. The van der Waals surface area contributed by atoms with Gasteiger partial charge in [0, 0.05) is 20.4 Å². The van der Waals surface area contributed by atoms with E-state index >= 15 is 0 Å². The van der Waals surface area contributed by atoms with E-state index in [2.05, 4.69) is 0 Å². The Morgan fingerprint density at radius 3 is 0.444 bits per heavy atom. The van der Waals surface area contributed by atoms with Crippen molar-refractivity contribution in [2.75, 3.05) is 0 Å². The minimum absolute atomic E-state index is 0. The molecule has 0 saturated heterocycles. The minimum Gasteiger partial charge on any atom is -0.512 e. The van der Waals surface area contributed by atoms with Crippen molar-refractivity contribution in [1.29, 1.82) is 21.0 Å². The fourth-order valence-electron chi connectivity index (χ4n) is 0. The van der Waals surface area contributed by atoms with Crippen LogP contribution in [0.5, 0.6) is 0 Å². The van der Waals surface area contributed by atoms with Crippen LogP contribution in [-0.2, 0) is 20.4 Å². The number of hydrogen-bond acceptors (Lipinski definition) is 4. The molecule has 0 N–H and O–H groups in total. The van der Waals surface area contributed by atoms with Gasteiger partial charge >= 0.3 is 0 Å². The number of nitrogens with zero attached hydrogens (tertiary/aromatic N) is 4. The second kappa shape index (κ2) is 110. The van der Waals surface area contributed by atoms with Gasteiger partial charge in [0.15, 0.2) is 0 Å². The molecule has 0 saturated carbocycles. The Labute approximate surface area is 68.2 Å². The third kappa shape index (κ3) is 74.6. The van der Waals surface area contributed by atoms with Gasteiger partial charge in [-0.15, -0.1) is 0 Å². The van der Waals surface area contributed by atoms with Crippen LogP contribution in [-0.4, -0.2) is 0 Å². The molecule has 0 bridgehead atoms. The van der Waals surface area contributed by atoms with Crippen LogP contribution in [0, 0.1) is 47.3 Å². The summed E-state index contributed by atoms with van der Waals surface area (Å²) in [5.74, 6) is 0. The van der Waals surface area contributed by atoms with E-state index in [0.29, 0.717) is 0 Å². The molecule has 0 unspecified atom stereocenters. The van der Waals surface area contributed by atoms with E-state index in [1.165, 1.54) is 0 Å². The van der Waals surface area contributed by atoms with Crippen molar-refractivity contribution >= 4 is 0 Å². The molecule has 0 aromatic carbocycles. The molecular weight excluding hydrogens is 290 g/mol. The molecule has 0 heterocycles. The van der Waals surface area contributed by atoms with E-state index in [4.69, 9.17) is 47.3 Å². The molecule has 4 nitrogen and oxygen atoms in total. The van der Waals surface area contributed by atoms with Crippen LogP contribution in [0.25, 0.3) is 0 Å². The van der Waals surface area contributed by atoms with Crippen molar-refractivity contribution in [3.63, 3.8) is 0 Å². The number of hydrogen-bond donors (Lipinski definition) is 0. The van der Waals surface area contributed by atoms with Crippen LogP contribution in [0.3, 0.4) is 0 Å². The van der Waals surface area contributed by atoms with Gasteiger partial charge in [0.25, 0.3) is 0 Å². The molecule has 47 valence electrons. The standard InChI is InChI=1S/4CN.Re/c4*1-2;/q4*-1;. The van der Waals surface area contributed by atoms with Gasteiger partial charge in [-0.05, 0) is 0 Å². The fraction of sp³-hybridized carbons (Fsp3) is 0. The average molecular weight is 290 g/mol. The third-order valence-corrected chi connectivity index (χ3v) is 0. The van der Waals surface area contributed by atoms with Crippen molar-refractivity contribution in [3.8, 4) is 0 Å². The van der Waals surface area contributed by atoms with Crippen LogP contribution >= 0.6 is 0 Å². The van der Waals surface area contributed by atoms with Crippen molar-refractivity contribution in [3.05, 3.63) is 26.3 Å². The molecule has 0 aliphatic heterocycles. The Morgan fingerprint density at radius 2 is 0.444 bits per heavy atom. The van der Waals surface area contributed by atoms with Crippen LogP contribution in [0.4, 0.5) is 0 Å². The van der Waals surface area contributed by atoms with Gasteiger partial charge in [-0.3, -0.25) is 0 Å². The first-order chi connectivity index (χ1) is 4.00. The molecule has 5 heteroatoms. The molecular formula is C4N4Re-4. The summed E-state index contributed by atoms with van der Waals surface area (Å²) >= 11 is 0. The van der Waals surface area contributed by atoms with Gasteiger partial charge in [0.1, 0.15) is 0 Å². The van der Waals surface area contributed by atoms with Gasteiger partial charge in [-0.25, -0.2) is 0 Å². The second-order valence-electron chi connectivity index (χ2n) is 0. The molecule has 0 fully saturated rings. The zero-order valence-corrected chi connectivity index (χ0v) is 6.88. The van der Waals surface area contributed by atoms with Crippen LogP contribution in [0.1, 0.15) is 0 Å². The monoisotopic (exact) mass is 291 g/mol. The molecule has 0 atom stereocenters. The van der Waals surface area contributed by atoms with E-state index in [0.717, 1.165) is 0 Å². The van der Waals surface area contributed by atoms with Crippen LogP contribution in [0.2, 0.25) is 0 Å². The average Bonchev–Trinajstić information content (AvgIpc) is 2.03. The topological polar surface area (TPSA) is 95.2 Å². The zero-order chi connectivity index (χ0) is 8.00. The third-order valence-electron chi connectivity index (χ3n) is 0. The van der Waals surface area contributed by atoms with Gasteiger partial charge < -0.3 is 47.3 Å². The van der Waals surface area contributed by atoms with Gasteiger partial charge in [0.05, 0.1) is 0 Å². The summed E-state index contributed by atoms with van der Waals surface area (Å²) in [6, 6.07) is 0. The van der Waals surface area contributed by atoms with Crippen molar-refractivity contribution in [2.45, 2.75) is 0 Å². The molecule has 0 amide bonds. The van der Waals surface area contributed by atoms with Crippen molar-refractivity contribution in [2.24, 2.45) is 0 Å². The maximum absolute atomic E-state index is 6.25. The predicted molar refractivity (Wildman–Crippen MR) is 19.9 cm³/mol. The molecule has 0 aliphatic carbocycles. The van der Waals surface area contributed by atoms with Gasteiger partial charge in [0.2, 0.25) is 0 Å². The first-order valence-electron chi connectivity index (χ1n) is 0.894. The van der Waals surface area contributed by atoms with Crippen LogP contribution < -0.4 is 0 Å². The summed E-state index contributed by atoms with van der Waals surface area (Å²) in [5, 5.41) is 25.0. The summed E-state index contributed by atoms with van der Waals surface area (Å²) in [4.78, 5) is 0. The summed E-state index contributed by atoms with van der Waals surface area (Å²) in [6.45, 7) is 19.0. The SMILES string of the molecule is [C-]#N.[C-]#N.[C-]#N.[C-]#N.[Re]. The molecule has 0 spiro atoms. The molecule has 0 aromatic heterocycles. The molecule has 0 aliphatic rings.